The molecule has 2 unspecified atom stereocenters. The van der Waals surface area contributed by atoms with Crippen LogP contribution in [-0.4, -0.2) is 18.0 Å². The second kappa shape index (κ2) is 6.75. The molecule has 3 nitrogen and oxygen atoms in total. The van der Waals surface area contributed by atoms with Gasteiger partial charge in [0.25, 0.3) is 0 Å². The topological polar surface area (TPSA) is 41.1 Å². The molecule has 2 aliphatic rings. The Bertz CT molecular complexity index is 511. The molecule has 0 radical (unpaired) electrons. The molecule has 5 heteroatoms. The number of hydrogen-bond donors (Lipinski definition) is 2. The van der Waals surface area contributed by atoms with E-state index in [0.29, 0.717) is 35.7 Å². The van der Waals surface area contributed by atoms with Gasteiger partial charge >= 0.3 is 0 Å². The SMILES string of the molecule is Cc1c(F)cccc1NC(=O)CC1CC2CCC(C1)N2.Cl. The van der Waals surface area contributed by atoms with E-state index in [4.69, 9.17) is 0 Å². The number of halogens is 2. The Balaban J connectivity index is 0.00000161. The molecule has 0 spiro atoms. The quantitative estimate of drug-likeness (QED) is 0.898. The van der Waals surface area contributed by atoms with Crippen LogP contribution in [0.15, 0.2) is 18.2 Å². The van der Waals surface area contributed by atoms with Gasteiger partial charge < -0.3 is 10.6 Å². The normalized spacial score (nSPS) is 27.0. The van der Waals surface area contributed by atoms with Crippen molar-refractivity contribution < 1.29 is 9.18 Å². The van der Waals surface area contributed by atoms with Crippen LogP contribution in [0.3, 0.4) is 0 Å². The number of benzene rings is 1. The third-order valence-electron chi connectivity index (χ3n) is 4.59. The lowest BCUT2D eigenvalue weighted by molar-refractivity contribution is -0.117. The monoisotopic (exact) mass is 312 g/mol. The molecule has 2 N–H and O–H groups in total. The number of nitrogens with one attached hydrogen (secondary N) is 2. The van der Waals surface area contributed by atoms with Crippen molar-refractivity contribution in [1.82, 2.24) is 5.32 Å². The maximum Gasteiger partial charge on any atom is 0.224 e. The Hall–Kier alpha value is -1.13. The Labute approximate surface area is 131 Å². The largest absolute Gasteiger partial charge is 0.326 e. The van der Waals surface area contributed by atoms with E-state index in [1.807, 2.05) is 0 Å². The van der Waals surface area contributed by atoms with Crippen molar-refractivity contribution in [3.8, 4) is 0 Å². The highest BCUT2D eigenvalue weighted by Gasteiger charge is 2.34. The fourth-order valence-electron chi connectivity index (χ4n) is 3.55. The number of rotatable bonds is 3. The summed E-state index contributed by atoms with van der Waals surface area (Å²) in [7, 11) is 0. The molecule has 1 aromatic rings. The van der Waals surface area contributed by atoms with E-state index in [0.717, 1.165) is 12.8 Å². The maximum atomic E-state index is 13.4. The molecule has 2 atom stereocenters. The summed E-state index contributed by atoms with van der Waals surface area (Å²) in [5, 5.41) is 6.43. The zero-order valence-electron chi connectivity index (χ0n) is 12.2. The number of hydrogen-bond acceptors (Lipinski definition) is 2. The van der Waals surface area contributed by atoms with Gasteiger partial charge in [-0.3, -0.25) is 4.79 Å². The van der Waals surface area contributed by atoms with Gasteiger partial charge in [-0.15, -0.1) is 12.4 Å². The van der Waals surface area contributed by atoms with E-state index in [9.17, 15) is 9.18 Å². The van der Waals surface area contributed by atoms with Crippen molar-refractivity contribution in [1.29, 1.82) is 0 Å². The minimum atomic E-state index is -0.275. The molecular formula is C16H22ClFN2O. The fraction of sp³-hybridized carbons (Fsp3) is 0.562. The van der Waals surface area contributed by atoms with Crippen LogP contribution in [0.1, 0.15) is 37.7 Å². The van der Waals surface area contributed by atoms with Gasteiger partial charge in [-0.2, -0.15) is 0 Å². The first-order valence-corrected chi connectivity index (χ1v) is 7.43. The molecule has 2 heterocycles. The number of carbonyl (C=O) groups excluding carboxylic acids is 1. The lowest BCUT2D eigenvalue weighted by Crippen LogP contribution is -2.39. The Kier molecular flexibility index (Phi) is 5.22. The van der Waals surface area contributed by atoms with E-state index in [1.54, 1.807) is 19.1 Å². The third kappa shape index (κ3) is 3.74. The van der Waals surface area contributed by atoms with Gasteiger partial charge in [0.05, 0.1) is 0 Å². The summed E-state index contributed by atoms with van der Waals surface area (Å²) in [4.78, 5) is 12.1. The van der Waals surface area contributed by atoms with Crippen LogP contribution in [0.2, 0.25) is 0 Å². The van der Waals surface area contributed by atoms with Crippen LogP contribution >= 0.6 is 12.4 Å². The summed E-state index contributed by atoms with van der Waals surface area (Å²) >= 11 is 0. The second-order valence-corrected chi connectivity index (χ2v) is 6.14. The van der Waals surface area contributed by atoms with E-state index in [-0.39, 0.29) is 24.1 Å². The van der Waals surface area contributed by atoms with Crippen LogP contribution in [0.4, 0.5) is 10.1 Å². The number of anilines is 1. The van der Waals surface area contributed by atoms with Crippen molar-refractivity contribution in [2.24, 2.45) is 5.92 Å². The molecule has 2 bridgehead atoms. The lowest BCUT2D eigenvalue weighted by Gasteiger charge is -2.28. The van der Waals surface area contributed by atoms with Gasteiger partial charge in [0.15, 0.2) is 0 Å². The fourth-order valence-corrected chi connectivity index (χ4v) is 3.55. The van der Waals surface area contributed by atoms with Gasteiger partial charge in [0.2, 0.25) is 5.91 Å². The standard InChI is InChI=1S/C16H21FN2O.ClH/c1-10-14(17)3-2-4-15(10)19-16(20)9-11-7-12-5-6-13(8-11)18-12;/h2-4,11-13,18H,5-9H2,1H3,(H,19,20);1H. The molecule has 3 rings (SSSR count). The number of piperidine rings is 1. The van der Waals surface area contributed by atoms with Crippen LogP contribution in [0.5, 0.6) is 0 Å². The molecule has 1 aromatic carbocycles. The average Bonchev–Trinajstić information content (AvgIpc) is 2.74. The van der Waals surface area contributed by atoms with Gasteiger partial charge in [-0.25, -0.2) is 4.39 Å². The summed E-state index contributed by atoms with van der Waals surface area (Å²) in [5.74, 6) is 0.190. The van der Waals surface area contributed by atoms with Crippen LogP contribution in [0, 0.1) is 18.7 Å². The lowest BCUT2D eigenvalue weighted by atomic mass is 9.89. The molecular weight excluding hydrogens is 291 g/mol. The smallest absolute Gasteiger partial charge is 0.224 e. The van der Waals surface area contributed by atoms with Crippen molar-refractivity contribution in [3.05, 3.63) is 29.6 Å². The van der Waals surface area contributed by atoms with Crippen molar-refractivity contribution in [2.75, 3.05) is 5.32 Å². The molecule has 0 saturated carbocycles. The predicted octanol–water partition coefficient (Wildman–Crippen LogP) is 3.42. The van der Waals surface area contributed by atoms with E-state index in [2.05, 4.69) is 10.6 Å². The first-order valence-electron chi connectivity index (χ1n) is 7.43. The molecule has 21 heavy (non-hydrogen) atoms. The van der Waals surface area contributed by atoms with Crippen molar-refractivity contribution in [3.63, 3.8) is 0 Å². The number of amides is 1. The van der Waals surface area contributed by atoms with Crippen LogP contribution in [-0.2, 0) is 4.79 Å². The van der Waals surface area contributed by atoms with Gasteiger partial charge in [0.1, 0.15) is 5.82 Å². The Morgan fingerprint density at radius 3 is 2.67 bits per heavy atom. The minimum Gasteiger partial charge on any atom is -0.326 e. The van der Waals surface area contributed by atoms with Gasteiger partial charge in [-0.05, 0) is 50.7 Å². The first kappa shape index (κ1) is 16.2. The highest BCUT2D eigenvalue weighted by molar-refractivity contribution is 5.91. The highest BCUT2D eigenvalue weighted by atomic mass is 35.5. The minimum absolute atomic E-state index is 0. The second-order valence-electron chi connectivity index (χ2n) is 6.14. The molecule has 0 aliphatic carbocycles. The molecule has 2 saturated heterocycles. The Morgan fingerprint density at radius 1 is 1.33 bits per heavy atom. The summed E-state index contributed by atoms with van der Waals surface area (Å²) < 4.78 is 13.4. The molecule has 2 fully saturated rings. The summed E-state index contributed by atoms with van der Waals surface area (Å²) in [6.07, 6.45) is 5.21. The van der Waals surface area contributed by atoms with Crippen molar-refractivity contribution in [2.45, 2.75) is 51.1 Å². The van der Waals surface area contributed by atoms with Crippen LogP contribution < -0.4 is 10.6 Å². The third-order valence-corrected chi connectivity index (χ3v) is 4.59. The van der Waals surface area contributed by atoms with Gasteiger partial charge in [0, 0.05) is 29.8 Å². The first-order chi connectivity index (χ1) is 9.61. The zero-order valence-corrected chi connectivity index (χ0v) is 13.0. The van der Waals surface area contributed by atoms with E-state index >= 15 is 0 Å². The summed E-state index contributed by atoms with van der Waals surface area (Å²) in [6.45, 7) is 1.69. The molecule has 1 amide bonds. The highest BCUT2D eigenvalue weighted by Crippen LogP contribution is 2.32. The number of carbonyl (C=O) groups is 1. The van der Waals surface area contributed by atoms with Crippen molar-refractivity contribution >= 4 is 24.0 Å². The maximum absolute atomic E-state index is 13.4. The molecule has 116 valence electrons. The Morgan fingerprint density at radius 2 is 2.00 bits per heavy atom. The number of fused-ring (bicyclic) bond motifs is 2. The predicted molar refractivity (Wildman–Crippen MR) is 84.3 cm³/mol. The summed E-state index contributed by atoms with van der Waals surface area (Å²) in [5.41, 5.74) is 1.10. The van der Waals surface area contributed by atoms with E-state index in [1.165, 1.54) is 18.9 Å². The molecule has 0 aromatic heterocycles. The summed E-state index contributed by atoms with van der Waals surface area (Å²) in [6, 6.07) is 5.99. The van der Waals surface area contributed by atoms with E-state index < -0.39 is 0 Å². The average molecular weight is 313 g/mol. The van der Waals surface area contributed by atoms with Crippen LogP contribution in [0.25, 0.3) is 0 Å². The van der Waals surface area contributed by atoms with Gasteiger partial charge in [-0.1, -0.05) is 6.07 Å². The molecule has 2 aliphatic heterocycles. The zero-order chi connectivity index (χ0) is 14.1.